The van der Waals surface area contributed by atoms with E-state index in [1.807, 2.05) is 0 Å². The maximum absolute atomic E-state index is 12.9. The number of furan rings is 1. The van der Waals surface area contributed by atoms with Crippen molar-refractivity contribution in [2.24, 2.45) is 5.92 Å². The molecule has 0 spiro atoms. The molecule has 7 heteroatoms. The minimum Gasteiger partial charge on any atom is -0.486 e. The number of nitrogens with one attached hydrogen (secondary N) is 2. The van der Waals surface area contributed by atoms with E-state index in [0.29, 0.717) is 22.9 Å². The highest BCUT2D eigenvalue weighted by molar-refractivity contribution is 6.02. The number of hydrogen-bond acceptors (Lipinski definition) is 4. The smallest absolute Gasteiger partial charge is 0.291 e. The van der Waals surface area contributed by atoms with Crippen LogP contribution in [-0.4, -0.2) is 11.8 Å². The summed E-state index contributed by atoms with van der Waals surface area (Å²) < 4.78 is 23.9. The second kappa shape index (κ2) is 8.18. The van der Waals surface area contributed by atoms with E-state index >= 15 is 0 Å². The van der Waals surface area contributed by atoms with Gasteiger partial charge in [0.25, 0.3) is 5.91 Å². The molecule has 29 heavy (non-hydrogen) atoms. The second-order valence-electron chi connectivity index (χ2n) is 6.80. The Kier molecular flexibility index (Phi) is 5.29. The van der Waals surface area contributed by atoms with Crippen molar-refractivity contribution in [3.05, 3.63) is 78.0 Å². The van der Waals surface area contributed by atoms with Gasteiger partial charge in [-0.3, -0.25) is 9.59 Å². The summed E-state index contributed by atoms with van der Waals surface area (Å²) in [7, 11) is 0. The number of ether oxygens (including phenoxy) is 1. The van der Waals surface area contributed by atoms with Crippen LogP contribution in [0.2, 0.25) is 0 Å². The summed E-state index contributed by atoms with van der Waals surface area (Å²) in [4.78, 5) is 24.1. The van der Waals surface area contributed by atoms with Crippen molar-refractivity contribution in [3.8, 4) is 5.75 Å². The highest BCUT2D eigenvalue weighted by atomic mass is 19.1. The van der Waals surface area contributed by atoms with E-state index in [-0.39, 0.29) is 30.0 Å². The minimum absolute atomic E-state index is 0.0350. The molecule has 0 unspecified atom stereocenters. The molecule has 1 aromatic heterocycles. The Labute approximate surface area is 166 Å². The third-order valence-electron chi connectivity index (χ3n) is 4.44. The van der Waals surface area contributed by atoms with Crippen LogP contribution in [0, 0.1) is 11.7 Å². The largest absolute Gasteiger partial charge is 0.486 e. The van der Waals surface area contributed by atoms with Crippen LogP contribution in [-0.2, 0) is 11.4 Å². The van der Waals surface area contributed by atoms with Crippen LogP contribution < -0.4 is 15.4 Å². The zero-order chi connectivity index (χ0) is 20.2. The van der Waals surface area contributed by atoms with Gasteiger partial charge in [-0.25, -0.2) is 4.39 Å². The second-order valence-corrected chi connectivity index (χ2v) is 6.80. The molecule has 4 rings (SSSR count). The van der Waals surface area contributed by atoms with Gasteiger partial charge >= 0.3 is 0 Å². The number of carbonyl (C=O) groups excluding carboxylic acids is 2. The van der Waals surface area contributed by atoms with Crippen molar-refractivity contribution in [1.82, 2.24) is 0 Å². The Morgan fingerprint density at radius 2 is 1.59 bits per heavy atom. The zero-order valence-electron chi connectivity index (χ0n) is 15.5. The van der Waals surface area contributed by atoms with Crippen molar-refractivity contribution in [2.75, 3.05) is 10.6 Å². The Bertz CT molecular complexity index is 1010. The van der Waals surface area contributed by atoms with Gasteiger partial charge in [-0.15, -0.1) is 0 Å². The van der Waals surface area contributed by atoms with E-state index in [2.05, 4.69) is 10.6 Å². The molecule has 3 aromatic rings. The fourth-order valence-electron chi connectivity index (χ4n) is 2.68. The van der Waals surface area contributed by atoms with Crippen molar-refractivity contribution in [1.29, 1.82) is 0 Å². The number of rotatable bonds is 7. The fraction of sp³-hybridized carbons (Fsp3) is 0.182. The molecular weight excluding hydrogens is 375 g/mol. The summed E-state index contributed by atoms with van der Waals surface area (Å²) in [5.74, 6) is 0.553. The van der Waals surface area contributed by atoms with Gasteiger partial charge in [0.2, 0.25) is 5.91 Å². The Balaban J connectivity index is 1.30. The fourth-order valence-corrected chi connectivity index (χ4v) is 2.68. The molecule has 0 saturated heterocycles. The molecule has 2 aromatic carbocycles. The maximum Gasteiger partial charge on any atom is 0.291 e. The van der Waals surface area contributed by atoms with Gasteiger partial charge in [-0.05, 0) is 73.5 Å². The van der Waals surface area contributed by atoms with Gasteiger partial charge in [0.15, 0.2) is 5.76 Å². The molecule has 2 amide bonds. The first-order chi connectivity index (χ1) is 14.1. The monoisotopic (exact) mass is 394 g/mol. The average Bonchev–Trinajstić information content (AvgIpc) is 3.47. The number of hydrogen-bond donors (Lipinski definition) is 2. The molecule has 1 heterocycles. The lowest BCUT2D eigenvalue weighted by molar-refractivity contribution is -0.117. The lowest BCUT2D eigenvalue weighted by Crippen LogP contribution is -2.13. The van der Waals surface area contributed by atoms with Gasteiger partial charge in [0, 0.05) is 17.3 Å². The Morgan fingerprint density at radius 1 is 0.931 bits per heavy atom. The van der Waals surface area contributed by atoms with Crippen LogP contribution >= 0.6 is 0 Å². The van der Waals surface area contributed by atoms with Crippen molar-refractivity contribution in [3.63, 3.8) is 0 Å². The lowest BCUT2D eigenvalue weighted by atomic mass is 10.2. The van der Waals surface area contributed by atoms with Gasteiger partial charge in [-0.2, -0.15) is 0 Å². The zero-order valence-corrected chi connectivity index (χ0v) is 15.5. The summed E-state index contributed by atoms with van der Waals surface area (Å²) in [6.45, 7) is 0.119. The first-order valence-electron chi connectivity index (χ1n) is 9.26. The normalized spacial score (nSPS) is 13.0. The SMILES string of the molecule is O=C(Nc1ccc(NC(=O)C2CC2)cc1)c1ccc(COc2ccc(F)cc2)o1. The summed E-state index contributed by atoms with van der Waals surface area (Å²) >= 11 is 0. The maximum atomic E-state index is 12.9. The Hall–Kier alpha value is -3.61. The molecule has 0 radical (unpaired) electrons. The molecular formula is C22H19FN2O4. The molecule has 1 saturated carbocycles. The molecule has 1 fully saturated rings. The summed E-state index contributed by atoms with van der Waals surface area (Å²) in [6.07, 6.45) is 1.89. The predicted molar refractivity (Wildman–Crippen MR) is 105 cm³/mol. The number of amides is 2. The lowest BCUT2D eigenvalue weighted by Gasteiger charge is -2.07. The predicted octanol–water partition coefficient (Wildman–Crippen LogP) is 4.60. The number of benzene rings is 2. The molecule has 0 bridgehead atoms. The first-order valence-corrected chi connectivity index (χ1v) is 9.26. The Morgan fingerprint density at radius 3 is 2.24 bits per heavy atom. The van der Waals surface area contributed by atoms with Crippen molar-refractivity contribution >= 4 is 23.2 Å². The number of carbonyl (C=O) groups is 2. The first kappa shape index (κ1) is 18.7. The van der Waals surface area contributed by atoms with Crippen molar-refractivity contribution < 1.29 is 23.1 Å². The summed E-state index contributed by atoms with van der Waals surface area (Å²) in [6, 6.07) is 15.7. The third-order valence-corrected chi connectivity index (χ3v) is 4.44. The quantitative estimate of drug-likeness (QED) is 0.614. The standard InChI is InChI=1S/C22H19FN2O4/c23-15-3-9-18(10-4-15)28-13-19-11-12-20(29-19)22(27)25-17-7-5-16(6-8-17)24-21(26)14-1-2-14/h3-12,14H,1-2,13H2,(H,24,26)(H,25,27). The van der Waals surface area contributed by atoms with E-state index in [1.165, 1.54) is 24.3 Å². The van der Waals surface area contributed by atoms with E-state index < -0.39 is 5.91 Å². The van der Waals surface area contributed by atoms with Gasteiger partial charge < -0.3 is 19.8 Å². The highest BCUT2D eigenvalue weighted by Gasteiger charge is 2.29. The molecule has 2 N–H and O–H groups in total. The molecule has 148 valence electrons. The minimum atomic E-state index is -0.396. The molecule has 0 aliphatic heterocycles. The van der Waals surface area contributed by atoms with Gasteiger partial charge in [0.1, 0.15) is 23.9 Å². The average molecular weight is 394 g/mol. The van der Waals surface area contributed by atoms with Crippen LogP contribution in [0.3, 0.4) is 0 Å². The molecule has 0 atom stereocenters. The van der Waals surface area contributed by atoms with E-state index in [0.717, 1.165) is 12.8 Å². The molecule has 1 aliphatic rings. The van der Waals surface area contributed by atoms with E-state index in [1.54, 1.807) is 36.4 Å². The van der Waals surface area contributed by atoms with Gasteiger partial charge in [-0.1, -0.05) is 0 Å². The highest BCUT2D eigenvalue weighted by Crippen LogP contribution is 2.30. The summed E-state index contributed by atoms with van der Waals surface area (Å²) in [5, 5.41) is 5.58. The van der Waals surface area contributed by atoms with Crippen molar-refractivity contribution in [2.45, 2.75) is 19.4 Å². The van der Waals surface area contributed by atoms with E-state index in [9.17, 15) is 14.0 Å². The molecule has 6 nitrogen and oxygen atoms in total. The van der Waals surface area contributed by atoms with Crippen LogP contribution in [0.1, 0.15) is 29.2 Å². The molecule has 1 aliphatic carbocycles. The number of halogens is 1. The summed E-state index contributed by atoms with van der Waals surface area (Å²) in [5.41, 5.74) is 1.28. The van der Waals surface area contributed by atoms with Crippen LogP contribution in [0.5, 0.6) is 5.75 Å². The topological polar surface area (TPSA) is 80.6 Å². The van der Waals surface area contributed by atoms with Crippen LogP contribution in [0.15, 0.2) is 65.1 Å². The third kappa shape index (κ3) is 5.01. The van der Waals surface area contributed by atoms with Crippen LogP contribution in [0.4, 0.5) is 15.8 Å². The van der Waals surface area contributed by atoms with Crippen LogP contribution in [0.25, 0.3) is 0 Å². The van der Waals surface area contributed by atoms with Gasteiger partial charge in [0.05, 0.1) is 0 Å². The van der Waals surface area contributed by atoms with E-state index in [4.69, 9.17) is 9.15 Å². The number of anilines is 2.